The van der Waals surface area contributed by atoms with Crippen LogP contribution in [0, 0.1) is 5.82 Å². The molecule has 2 aromatic rings. The number of aromatic nitrogens is 1. The monoisotopic (exact) mass is 504 g/mol. The molecule has 0 saturated carbocycles. The Hall–Kier alpha value is -2.40. The number of nitrogens with one attached hydrogen (secondary N) is 1. The molecule has 6 nitrogen and oxygen atoms in total. The summed E-state index contributed by atoms with van der Waals surface area (Å²) in [6.45, 7) is 3.80. The lowest BCUT2D eigenvalue weighted by Gasteiger charge is -2.39. The molecule has 1 atom stereocenters. The largest absolute Gasteiger partial charge is 0.417 e. The highest BCUT2D eigenvalue weighted by atomic mass is 79.9. The lowest BCUT2D eigenvalue weighted by Crippen LogP contribution is -2.50. The number of anilines is 2. The van der Waals surface area contributed by atoms with Gasteiger partial charge in [-0.15, -0.1) is 0 Å². The van der Waals surface area contributed by atoms with Crippen molar-refractivity contribution in [1.82, 2.24) is 9.47 Å². The fourth-order valence-corrected chi connectivity index (χ4v) is 3.74. The normalized spacial score (nSPS) is 17.7. The van der Waals surface area contributed by atoms with E-state index >= 15 is 0 Å². The molecule has 1 amide bonds. The second kappa shape index (κ2) is 8.62. The second-order valence-electron chi connectivity index (χ2n) is 7.56. The molecule has 1 aliphatic heterocycles. The molecule has 31 heavy (non-hydrogen) atoms. The van der Waals surface area contributed by atoms with Crippen LogP contribution in [0.1, 0.15) is 22.8 Å². The third-order valence-corrected chi connectivity index (χ3v) is 5.97. The maximum absolute atomic E-state index is 14.3. The molecule has 0 bridgehead atoms. The minimum atomic E-state index is -4.89. The summed E-state index contributed by atoms with van der Waals surface area (Å²) in [4.78, 5) is 28.5. The zero-order chi connectivity index (χ0) is 23.1. The zero-order valence-electron chi connectivity index (χ0n) is 17.1. The third kappa shape index (κ3) is 4.93. The quantitative estimate of drug-likeness (QED) is 0.647. The van der Waals surface area contributed by atoms with Crippen LogP contribution in [0.15, 0.2) is 33.7 Å². The molecule has 1 unspecified atom stereocenters. The van der Waals surface area contributed by atoms with Crippen LogP contribution in [-0.2, 0) is 13.2 Å². The Morgan fingerprint density at radius 2 is 1.87 bits per heavy atom. The maximum atomic E-state index is 14.3. The van der Waals surface area contributed by atoms with E-state index in [2.05, 4.69) is 26.1 Å². The molecule has 1 saturated heterocycles. The van der Waals surface area contributed by atoms with Crippen LogP contribution in [0.5, 0.6) is 0 Å². The predicted molar refractivity (Wildman–Crippen MR) is 113 cm³/mol. The molecule has 11 heteroatoms. The van der Waals surface area contributed by atoms with Crippen molar-refractivity contribution < 1.29 is 22.4 Å². The summed E-state index contributed by atoms with van der Waals surface area (Å²) in [5.41, 5.74) is -2.39. The lowest BCUT2D eigenvalue weighted by atomic mass is 10.1. The molecule has 1 N–H and O–H groups in total. The average molecular weight is 505 g/mol. The number of carbonyl (C=O) groups is 1. The molecule has 1 fully saturated rings. The van der Waals surface area contributed by atoms with Gasteiger partial charge < -0.3 is 19.7 Å². The first-order valence-corrected chi connectivity index (χ1v) is 10.2. The topological polar surface area (TPSA) is 57.6 Å². The van der Waals surface area contributed by atoms with Crippen molar-refractivity contribution in [2.75, 3.05) is 36.9 Å². The average Bonchev–Trinajstić information content (AvgIpc) is 2.67. The number of benzene rings is 1. The van der Waals surface area contributed by atoms with Gasteiger partial charge >= 0.3 is 6.18 Å². The maximum Gasteiger partial charge on any atom is 0.417 e. The number of aryl methyl sites for hydroxylation is 1. The number of halogens is 5. The van der Waals surface area contributed by atoms with E-state index in [0.717, 1.165) is 10.8 Å². The highest BCUT2D eigenvalue weighted by molar-refractivity contribution is 9.10. The Bertz CT molecular complexity index is 1070. The Kier molecular flexibility index (Phi) is 6.47. The van der Waals surface area contributed by atoms with Crippen LogP contribution < -0.4 is 15.8 Å². The molecule has 1 aliphatic rings. The first kappa shape index (κ1) is 23.3. The molecule has 2 heterocycles. The van der Waals surface area contributed by atoms with Crippen molar-refractivity contribution in [2.45, 2.75) is 19.1 Å². The summed E-state index contributed by atoms with van der Waals surface area (Å²) in [6, 6.07) is 3.10. The number of nitrogens with zero attached hydrogens (tertiary/aromatic N) is 3. The number of rotatable bonds is 3. The highest BCUT2D eigenvalue weighted by Gasteiger charge is 2.36. The predicted octanol–water partition coefficient (Wildman–Crippen LogP) is 3.70. The van der Waals surface area contributed by atoms with Crippen molar-refractivity contribution in [1.29, 1.82) is 0 Å². The van der Waals surface area contributed by atoms with E-state index in [4.69, 9.17) is 0 Å². The van der Waals surface area contributed by atoms with Gasteiger partial charge in [-0.1, -0.05) is 0 Å². The van der Waals surface area contributed by atoms with Gasteiger partial charge in [0.2, 0.25) is 0 Å². The summed E-state index contributed by atoms with van der Waals surface area (Å²) in [7, 11) is 3.22. The first-order chi connectivity index (χ1) is 14.4. The SMILES string of the molecule is CC1CN(c2cc(F)c(Br)cc2NC(=O)c2cn(C)c(=O)cc2C(F)(F)F)CCN1C. The van der Waals surface area contributed by atoms with Crippen molar-refractivity contribution >= 4 is 33.2 Å². The standard InChI is InChI=1S/C20H21BrF4N4O2/c1-11-9-29(5-4-27(11)2)17-8-15(22)14(21)7-16(17)26-19(31)12-10-28(3)18(30)6-13(12)20(23,24)25/h6-8,10-11H,4-5,9H2,1-3H3,(H,26,31). The number of hydrogen-bond donors (Lipinski definition) is 1. The van der Waals surface area contributed by atoms with Crippen molar-refractivity contribution in [2.24, 2.45) is 7.05 Å². The number of hydrogen-bond acceptors (Lipinski definition) is 4. The Morgan fingerprint density at radius 1 is 1.19 bits per heavy atom. The summed E-state index contributed by atoms with van der Waals surface area (Å²) < 4.78 is 55.5. The number of likely N-dealkylation sites (N-methyl/N-ethyl adjacent to an activating group) is 1. The van der Waals surface area contributed by atoms with Crippen LogP contribution in [-0.4, -0.2) is 48.1 Å². The van der Waals surface area contributed by atoms with Crippen LogP contribution >= 0.6 is 15.9 Å². The van der Waals surface area contributed by atoms with E-state index in [-0.39, 0.29) is 16.2 Å². The van der Waals surface area contributed by atoms with E-state index in [0.29, 0.717) is 31.4 Å². The lowest BCUT2D eigenvalue weighted by molar-refractivity contribution is -0.138. The minimum Gasteiger partial charge on any atom is -0.367 e. The molecule has 1 aromatic carbocycles. The summed E-state index contributed by atoms with van der Waals surface area (Å²) in [6.07, 6.45) is -4.05. The van der Waals surface area contributed by atoms with Gasteiger partial charge in [0.1, 0.15) is 5.82 Å². The number of alkyl halides is 3. The Labute approximate surface area is 184 Å². The summed E-state index contributed by atoms with van der Waals surface area (Å²) >= 11 is 3.06. The van der Waals surface area contributed by atoms with Gasteiger partial charge in [0.05, 0.1) is 27.0 Å². The van der Waals surface area contributed by atoms with Gasteiger partial charge in [0, 0.05) is 51.1 Å². The molecule has 3 rings (SSSR count). The third-order valence-electron chi connectivity index (χ3n) is 5.37. The van der Waals surface area contributed by atoms with Crippen molar-refractivity contribution in [3.05, 3.63) is 56.2 Å². The van der Waals surface area contributed by atoms with E-state index in [1.165, 1.54) is 19.2 Å². The van der Waals surface area contributed by atoms with Gasteiger partial charge in [-0.25, -0.2) is 4.39 Å². The number of piperazine rings is 1. The first-order valence-electron chi connectivity index (χ1n) is 9.42. The summed E-state index contributed by atoms with van der Waals surface area (Å²) in [5.74, 6) is -1.61. The molecule has 168 valence electrons. The van der Waals surface area contributed by atoms with Crippen LogP contribution in [0.3, 0.4) is 0 Å². The smallest absolute Gasteiger partial charge is 0.367 e. The van der Waals surface area contributed by atoms with E-state index in [1.807, 2.05) is 18.9 Å². The van der Waals surface area contributed by atoms with Gasteiger partial charge in [-0.05, 0) is 36.0 Å². The number of pyridine rings is 1. The fraction of sp³-hybridized carbons (Fsp3) is 0.400. The van der Waals surface area contributed by atoms with Gasteiger partial charge in [-0.2, -0.15) is 13.2 Å². The van der Waals surface area contributed by atoms with E-state index < -0.39 is 34.6 Å². The molecular formula is C20H21BrF4N4O2. The fourth-order valence-electron chi connectivity index (χ4n) is 3.40. The highest BCUT2D eigenvalue weighted by Crippen LogP contribution is 2.35. The van der Waals surface area contributed by atoms with Crippen LogP contribution in [0.4, 0.5) is 28.9 Å². The van der Waals surface area contributed by atoms with Gasteiger partial charge in [-0.3, -0.25) is 9.59 Å². The van der Waals surface area contributed by atoms with Gasteiger partial charge in [0.25, 0.3) is 11.5 Å². The molecule has 0 spiro atoms. The van der Waals surface area contributed by atoms with E-state index in [1.54, 1.807) is 0 Å². The van der Waals surface area contributed by atoms with Crippen LogP contribution in [0.25, 0.3) is 0 Å². The number of amides is 1. The van der Waals surface area contributed by atoms with Gasteiger partial charge in [0.15, 0.2) is 0 Å². The minimum absolute atomic E-state index is 0.0604. The van der Waals surface area contributed by atoms with Crippen molar-refractivity contribution in [3.63, 3.8) is 0 Å². The second-order valence-corrected chi connectivity index (χ2v) is 8.42. The zero-order valence-corrected chi connectivity index (χ0v) is 18.6. The molecule has 1 aromatic heterocycles. The van der Waals surface area contributed by atoms with Crippen molar-refractivity contribution in [3.8, 4) is 0 Å². The van der Waals surface area contributed by atoms with E-state index in [9.17, 15) is 27.2 Å². The molecule has 0 radical (unpaired) electrons. The van der Waals surface area contributed by atoms with Crippen LogP contribution in [0.2, 0.25) is 0 Å². The Balaban J connectivity index is 2.02. The summed E-state index contributed by atoms with van der Waals surface area (Å²) in [5, 5.41) is 2.47. The number of carbonyl (C=O) groups excluding carboxylic acids is 1. The molecular weight excluding hydrogens is 484 g/mol. The Morgan fingerprint density at radius 3 is 2.48 bits per heavy atom. The molecule has 0 aliphatic carbocycles.